The van der Waals surface area contributed by atoms with Crippen molar-refractivity contribution in [1.82, 2.24) is 10.1 Å². The second-order valence-corrected chi connectivity index (χ2v) is 4.25. The molecule has 0 bridgehead atoms. The van der Waals surface area contributed by atoms with Crippen molar-refractivity contribution in [1.29, 1.82) is 0 Å². The number of nitrogens with zero attached hydrogens (tertiary/aromatic N) is 2. The lowest BCUT2D eigenvalue weighted by Crippen LogP contribution is -2.19. The summed E-state index contributed by atoms with van der Waals surface area (Å²) in [5.41, 5.74) is 0.731. The number of hydrogen-bond donors (Lipinski definition) is 1. The Morgan fingerprint density at radius 2 is 2.16 bits per heavy atom. The van der Waals surface area contributed by atoms with Gasteiger partial charge < -0.3 is 14.4 Å². The van der Waals surface area contributed by atoms with E-state index < -0.39 is 12.1 Å². The van der Waals surface area contributed by atoms with E-state index in [1.165, 1.54) is 6.92 Å². The number of aliphatic carboxylic acids is 1. The lowest BCUT2D eigenvalue weighted by atomic mass is 10.2. The first kappa shape index (κ1) is 13.5. The molecular weight excluding hydrogens is 272 g/mol. The van der Waals surface area contributed by atoms with Gasteiger partial charge in [0.1, 0.15) is 6.61 Å². The quantitative estimate of drug-likeness (QED) is 0.906. The third kappa shape index (κ3) is 3.52. The van der Waals surface area contributed by atoms with Crippen LogP contribution in [-0.2, 0) is 16.1 Å². The SMILES string of the molecule is C[C@@H](OCc1noc(-c2ccc(Cl)cc2)n1)C(=O)O. The third-order valence-electron chi connectivity index (χ3n) is 2.37. The number of hydrogen-bond acceptors (Lipinski definition) is 5. The van der Waals surface area contributed by atoms with Gasteiger partial charge in [-0.1, -0.05) is 16.8 Å². The maximum atomic E-state index is 10.6. The summed E-state index contributed by atoms with van der Waals surface area (Å²) in [5.74, 6) is -0.419. The molecule has 0 aliphatic carbocycles. The fourth-order valence-corrected chi connectivity index (χ4v) is 1.42. The predicted octanol–water partition coefficient (Wildman–Crippen LogP) is 2.38. The molecule has 0 unspecified atom stereocenters. The van der Waals surface area contributed by atoms with Crippen LogP contribution in [0.5, 0.6) is 0 Å². The Morgan fingerprint density at radius 1 is 1.47 bits per heavy atom. The van der Waals surface area contributed by atoms with E-state index in [1.807, 2.05) is 0 Å². The number of benzene rings is 1. The van der Waals surface area contributed by atoms with E-state index in [0.29, 0.717) is 10.9 Å². The lowest BCUT2D eigenvalue weighted by Gasteiger charge is -2.04. The molecule has 0 saturated carbocycles. The van der Waals surface area contributed by atoms with Crippen LogP contribution in [0.2, 0.25) is 5.02 Å². The van der Waals surface area contributed by atoms with Crippen molar-refractivity contribution in [2.24, 2.45) is 0 Å². The molecule has 1 atom stereocenters. The maximum absolute atomic E-state index is 10.6. The molecule has 0 spiro atoms. The second-order valence-electron chi connectivity index (χ2n) is 3.81. The molecular formula is C12H11ClN2O4. The molecule has 2 rings (SSSR count). The van der Waals surface area contributed by atoms with Crippen LogP contribution in [0.1, 0.15) is 12.7 Å². The Morgan fingerprint density at radius 3 is 2.79 bits per heavy atom. The molecule has 0 saturated heterocycles. The number of halogens is 1. The van der Waals surface area contributed by atoms with Gasteiger partial charge >= 0.3 is 5.97 Å². The van der Waals surface area contributed by atoms with Crippen molar-refractivity contribution in [2.45, 2.75) is 19.6 Å². The van der Waals surface area contributed by atoms with Gasteiger partial charge in [-0.2, -0.15) is 4.98 Å². The van der Waals surface area contributed by atoms with E-state index in [1.54, 1.807) is 24.3 Å². The topological polar surface area (TPSA) is 85.5 Å². The van der Waals surface area contributed by atoms with E-state index >= 15 is 0 Å². The number of rotatable bonds is 5. The first-order valence-electron chi connectivity index (χ1n) is 5.49. The van der Waals surface area contributed by atoms with Crippen molar-refractivity contribution in [3.8, 4) is 11.5 Å². The summed E-state index contributed by atoms with van der Waals surface area (Å²) in [5, 5.41) is 13.0. The molecule has 0 amide bonds. The van der Waals surface area contributed by atoms with E-state index in [9.17, 15) is 4.79 Å². The summed E-state index contributed by atoms with van der Waals surface area (Å²) in [7, 11) is 0. The minimum atomic E-state index is -1.04. The minimum absolute atomic E-state index is 0.0233. The van der Waals surface area contributed by atoms with Gasteiger partial charge in [-0.3, -0.25) is 0 Å². The van der Waals surface area contributed by atoms with Crippen LogP contribution in [-0.4, -0.2) is 27.3 Å². The van der Waals surface area contributed by atoms with Crippen molar-refractivity contribution in [3.63, 3.8) is 0 Å². The van der Waals surface area contributed by atoms with E-state index in [-0.39, 0.29) is 12.4 Å². The molecule has 19 heavy (non-hydrogen) atoms. The van der Waals surface area contributed by atoms with Crippen LogP contribution in [0.25, 0.3) is 11.5 Å². The van der Waals surface area contributed by atoms with Crippen LogP contribution in [0.15, 0.2) is 28.8 Å². The second kappa shape index (κ2) is 5.81. The summed E-state index contributed by atoms with van der Waals surface area (Å²) in [6, 6.07) is 6.92. The number of ether oxygens (including phenoxy) is 1. The standard InChI is InChI=1S/C12H11ClN2O4/c1-7(12(16)17)18-6-10-14-11(19-15-10)8-2-4-9(13)5-3-8/h2-5,7H,6H2,1H3,(H,16,17)/t7-/m1/s1. The zero-order valence-corrected chi connectivity index (χ0v) is 10.8. The highest BCUT2D eigenvalue weighted by Gasteiger charge is 2.14. The summed E-state index contributed by atoms with van der Waals surface area (Å²) in [6.07, 6.45) is -0.919. The average molecular weight is 283 g/mol. The number of aromatic nitrogens is 2. The largest absolute Gasteiger partial charge is 0.479 e. The average Bonchev–Trinajstić information content (AvgIpc) is 2.85. The van der Waals surface area contributed by atoms with E-state index in [0.717, 1.165) is 5.56 Å². The monoisotopic (exact) mass is 282 g/mol. The Balaban J connectivity index is 2.03. The van der Waals surface area contributed by atoms with Gasteiger partial charge in [0.25, 0.3) is 5.89 Å². The molecule has 1 N–H and O–H groups in total. The summed E-state index contributed by atoms with van der Waals surface area (Å²) in [4.78, 5) is 14.7. The highest BCUT2D eigenvalue weighted by atomic mass is 35.5. The summed E-state index contributed by atoms with van der Waals surface area (Å²) in [6.45, 7) is 1.41. The van der Waals surface area contributed by atoms with Crippen molar-refractivity contribution in [2.75, 3.05) is 0 Å². The number of carboxylic acids is 1. The van der Waals surface area contributed by atoms with Crippen molar-refractivity contribution >= 4 is 17.6 Å². The Bertz CT molecular complexity index is 567. The molecule has 2 aromatic rings. The number of carboxylic acid groups (broad SMARTS) is 1. The zero-order chi connectivity index (χ0) is 13.8. The Hall–Kier alpha value is -1.92. The lowest BCUT2D eigenvalue weighted by molar-refractivity contribution is -0.150. The van der Waals surface area contributed by atoms with Crippen LogP contribution in [0, 0.1) is 0 Å². The smallest absolute Gasteiger partial charge is 0.332 e. The molecule has 0 aliphatic heterocycles. The highest BCUT2D eigenvalue weighted by molar-refractivity contribution is 6.30. The molecule has 0 radical (unpaired) electrons. The fourth-order valence-electron chi connectivity index (χ4n) is 1.29. The molecule has 0 aliphatic rings. The molecule has 1 aromatic carbocycles. The van der Waals surface area contributed by atoms with E-state index in [4.69, 9.17) is 26.0 Å². The van der Waals surface area contributed by atoms with Gasteiger partial charge in [0, 0.05) is 10.6 Å². The van der Waals surface area contributed by atoms with Gasteiger partial charge in [0.2, 0.25) is 0 Å². The molecule has 1 heterocycles. The van der Waals surface area contributed by atoms with E-state index in [2.05, 4.69) is 10.1 Å². The van der Waals surface area contributed by atoms with Crippen LogP contribution < -0.4 is 0 Å². The summed E-state index contributed by atoms with van der Waals surface area (Å²) < 4.78 is 10.1. The first-order chi connectivity index (χ1) is 9.06. The highest BCUT2D eigenvalue weighted by Crippen LogP contribution is 2.19. The van der Waals surface area contributed by atoms with Crippen molar-refractivity contribution in [3.05, 3.63) is 35.1 Å². The van der Waals surface area contributed by atoms with Crippen LogP contribution in [0.3, 0.4) is 0 Å². The van der Waals surface area contributed by atoms with Crippen LogP contribution in [0.4, 0.5) is 0 Å². The molecule has 1 aromatic heterocycles. The maximum Gasteiger partial charge on any atom is 0.332 e. The van der Waals surface area contributed by atoms with Crippen LogP contribution >= 0.6 is 11.6 Å². The minimum Gasteiger partial charge on any atom is -0.479 e. The van der Waals surface area contributed by atoms with Gasteiger partial charge in [0.05, 0.1) is 0 Å². The summed E-state index contributed by atoms with van der Waals surface area (Å²) >= 11 is 5.78. The molecule has 7 heteroatoms. The first-order valence-corrected chi connectivity index (χ1v) is 5.87. The number of carbonyl (C=O) groups is 1. The van der Waals surface area contributed by atoms with Crippen molar-refractivity contribution < 1.29 is 19.2 Å². The third-order valence-corrected chi connectivity index (χ3v) is 2.62. The zero-order valence-electron chi connectivity index (χ0n) is 10.0. The Kier molecular flexibility index (Phi) is 4.13. The normalized spacial score (nSPS) is 12.3. The van der Waals surface area contributed by atoms with Gasteiger partial charge in [-0.15, -0.1) is 0 Å². The van der Waals surface area contributed by atoms with Gasteiger partial charge in [-0.05, 0) is 31.2 Å². The molecule has 6 nitrogen and oxygen atoms in total. The fraction of sp³-hybridized carbons (Fsp3) is 0.250. The van der Waals surface area contributed by atoms with Gasteiger partial charge in [-0.25, -0.2) is 4.79 Å². The molecule has 0 fully saturated rings. The van der Waals surface area contributed by atoms with Gasteiger partial charge in [0.15, 0.2) is 11.9 Å². The molecule has 100 valence electrons. The Labute approximate surface area is 114 Å². The predicted molar refractivity (Wildman–Crippen MR) is 66.6 cm³/mol.